The minimum atomic E-state index is -0.140. The second-order valence-corrected chi connectivity index (χ2v) is 16.8. The number of hydrogen-bond acceptors (Lipinski definition) is 0. The highest BCUT2D eigenvalue weighted by Crippen LogP contribution is 2.75. The summed E-state index contributed by atoms with van der Waals surface area (Å²) in [6.45, 7) is 22.2. The Labute approximate surface area is 165 Å². The van der Waals surface area contributed by atoms with Gasteiger partial charge in [-0.15, -0.1) is 0 Å². The van der Waals surface area contributed by atoms with Crippen LogP contribution in [0.2, 0.25) is 0 Å². The Morgan fingerprint density at radius 2 is 1.27 bits per heavy atom. The summed E-state index contributed by atoms with van der Waals surface area (Å²) in [6.07, 6.45) is 1.36. The van der Waals surface area contributed by atoms with Gasteiger partial charge in [-0.3, -0.25) is 0 Å². The fraction of sp³-hybridized carbons (Fsp3) is 0.652. The second kappa shape index (κ2) is 6.51. The van der Waals surface area contributed by atoms with E-state index in [0.29, 0.717) is 16.7 Å². The molecule has 0 radical (unpaired) electrons. The van der Waals surface area contributed by atoms with Gasteiger partial charge in [0.1, 0.15) is 0 Å². The Kier molecular flexibility index (Phi) is 5.19. The van der Waals surface area contributed by atoms with Crippen LogP contribution in [0.3, 0.4) is 0 Å². The molecule has 0 aliphatic carbocycles. The second-order valence-electron chi connectivity index (χ2n) is 10.9. The quantitative estimate of drug-likeness (QED) is 0.413. The largest absolute Gasteiger partial charge is 0.0823 e. The molecule has 0 saturated heterocycles. The van der Waals surface area contributed by atoms with Crippen molar-refractivity contribution in [1.82, 2.24) is 0 Å². The highest BCUT2D eigenvalue weighted by molar-refractivity contribution is 8.06. The molecular formula is C23H35P3. The summed E-state index contributed by atoms with van der Waals surface area (Å²) >= 11 is 0. The minimum absolute atomic E-state index is 0.140. The third-order valence-corrected chi connectivity index (χ3v) is 15.7. The molecule has 0 fully saturated rings. The average Bonchev–Trinajstić information content (AvgIpc) is 2.52. The molecule has 0 saturated carbocycles. The Hall–Kier alpha value is -0.0100. The van der Waals surface area contributed by atoms with Gasteiger partial charge < -0.3 is 0 Å². The fourth-order valence-electron chi connectivity index (χ4n) is 4.23. The molecular weight excluding hydrogens is 369 g/mol. The standard InChI is InChI=1S/C23H35P3/c1-20(2,3)18-24-23(22(7,8)9)17(16-13-11-10-12-14-16)15-26(18)19(25-23)21(4,5)6/h10-14,17H,15H2,1-9H3/t17-,23?,26?/m0/s1. The van der Waals surface area contributed by atoms with Crippen molar-refractivity contribution in [2.75, 3.05) is 6.16 Å². The molecule has 1 aromatic carbocycles. The Morgan fingerprint density at radius 3 is 1.65 bits per heavy atom. The lowest BCUT2D eigenvalue weighted by molar-refractivity contribution is 0.332. The molecule has 3 heteroatoms. The molecule has 1 atom stereocenters. The molecule has 26 heavy (non-hydrogen) atoms. The van der Waals surface area contributed by atoms with Gasteiger partial charge in [-0.05, 0) is 46.0 Å². The lowest BCUT2D eigenvalue weighted by Gasteiger charge is -2.57. The first-order chi connectivity index (χ1) is 11.8. The first-order valence-corrected chi connectivity index (χ1v) is 13.1. The molecule has 0 amide bonds. The van der Waals surface area contributed by atoms with E-state index in [2.05, 4.69) is 92.6 Å². The summed E-state index contributed by atoms with van der Waals surface area (Å²) in [4.78, 5) is 0.288. The van der Waals surface area contributed by atoms with Gasteiger partial charge in [-0.2, -0.15) is 0 Å². The normalized spacial score (nSPS) is 30.7. The zero-order valence-electron chi connectivity index (χ0n) is 18.0. The molecule has 1 aromatic rings. The van der Waals surface area contributed by atoms with Gasteiger partial charge in [0.25, 0.3) is 0 Å². The van der Waals surface area contributed by atoms with E-state index in [9.17, 15) is 0 Å². The van der Waals surface area contributed by atoms with E-state index in [1.165, 1.54) is 6.16 Å². The SMILES string of the molecule is CC(C)(C)C1=PC2(C(C)(C)C)P=C(C(C)(C)C)P1C[C@H]2c1ccccc1. The molecule has 142 valence electrons. The minimum Gasteiger partial charge on any atom is -0.0823 e. The van der Waals surface area contributed by atoms with Crippen molar-refractivity contribution < 1.29 is 0 Å². The van der Waals surface area contributed by atoms with Gasteiger partial charge in [0.15, 0.2) is 0 Å². The third kappa shape index (κ3) is 3.41. The predicted octanol–water partition coefficient (Wildman–Crippen LogP) is 8.27. The smallest absolute Gasteiger partial charge is 0.0663 e. The van der Waals surface area contributed by atoms with Gasteiger partial charge in [0.2, 0.25) is 0 Å². The molecule has 0 unspecified atom stereocenters. The van der Waals surface area contributed by atoms with Crippen LogP contribution in [0.15, 0.2) is 30.3 Å². The van der Waals surface area contributed by atoms with E-state index < -0.39 is 0 Å². The maximum atomic E-state index is 2.49. The van der Waals surface area contributed by atoms with Crippen LogP contribution in [-0.4, -0.2) is 21.1 Å². The predicted molar refractivity (Wildman–Crippen MR) is 126 cm³/mol. The summed E-state index contributed by atoms with van der Waals surface area (Å²) in [5.74, 6) is 0.676. The highest BCUT2D eigenvalue weighted by Gasteiger charge is 2.57. The van der Waals surface area contributed by atoms with Gasteiger partial charge in [0, 0.05) is 5.92 Å². The molecule has 2 bridgehead atoms. The maximum Gasteiger partial charge on any atom is 0.0663 e. The molecule has 3 aliphatic heterocycles. The Balaban J connectivity index is 2.29. The van der Waals surface area contributed by atoms with E-state index in [1.54, 1.807) is 22.0 Å². The number of rotatable bonds is 1. The number of benzene rings is 1. The topological polar surface area (TPSA) is 0 Å². The van der Waals surface area contributed by atoms with E-state index in [0.717, 1.165) is 0 Å². The first-order valence-electron chi connectivity index (χ1n) is 9.80. The van der Waals surface area contributed by atoms with E-state index in [1.807, 2.05) is 10.1 Å². The molecule has 0 nitrogen and oxygen atoms in total. The Bertz CT molecular complexity index is 704. The summed E-state index contributed by atoms with van der Waals surface area (Å²) < 4.78 is 0. The molecule has 3 heterocycles. The van der Waals surface area contributed by atoms with Crippen LogP contribution in [0.4, 0.5) is 0 Å². The lowest BCUT2D eigenvalue weighted by Crippen LogP contribution is -2.48. The van der Waals surface area contributed by atoms with Crippen LogP contribution >= 0.6 is 24.3 Å². The van der Waals surface area contributed by atoms with E-state index >= 15 is 0 Å². The van der Waals surface area contributed by atoms with Gasteiger partial charge >= 0.3 is 0 Å². The summed E-state index contributed by atoms with van der Waals surface area (Å²) in [5.41, 5.74) is 2.44. The summed E-state index contributed by atoms with van der Waals surface area (Å²) in [6, 6.07) is 11.4. The van der Waals surface area contributed by atoms with Crippen molar-refractivity contribution in [3.8, 4) is 0 Å². The summed E-state index contributed by atoms with van der Waals surface area (Å²) in [5, 5.41) is 3.69. The van der Waals surface area contributed by atoms with Crippen molar-refractivity contribution in [2.45, 2.75) is 73.1 Å². The number of hydrogen-bond donors (Lipinski definition) is 0. The molecule has 0 aromatic heterocycles. The van der Waals surface area contributed by atoms with Crippen LogP contribution in [0.1, 0.15) is 73.8 Å². The van der Waals surface area contributed by atoms with E-state index in [-0.39, 0.29) is 18.2 Å². The van der Waals surface area contributed by atoms with E-state index in [4.69, 9.17) is 0 Å². The van der Waals surface area contributed by atoms with Crippen LogP contribution < -0.4 is 0 Å². The lowest BCUT2D eigenvalue weighted by atomic mass is 9.80. The van der Waals surface area contributed by atoms with Crippen LogP contribution in [-0.2, 0) is 0 Å². The monoisotopic (exact) mass is 404 g/mol. The highest BCUT2D eigenvalue weighted by atomic mass is 31.2. The summed E-state index contributed by atoms with van der Waals surface area (Å²) in [7, 11) is 3.13. The van der Waals surface area contributed by atoms with Crippen LogP contribution in [0.5, 0.6) is 0 Å². The van der Waals surface area contributed by atoms with Crippen LogP contribution in [0.25, 0.3) is 0 Å². The fourth-order valence-corrected chi connectivity index (χ4v) is 14.8. The molecule has 0 N–H and O–H groups in total. The van der Waals surface area contributed by atoms with Crippen molar-refractivity contribution in [1.29, 1.82) is 0 Å². The van der Waals surface area contributed by atoms with Crippen molar-refractivity contribution in [3.63, 3.8) is 0 Å². The van der Waals surface area contributed by atoms with Crippen molar-refractivity contribution in [2.24, 2.45) is 16.2 Å². The number of fused-ring (bicyclic) bond motifs is 1. The van der Waals surface area contributed by atoms with Crippen molar-refractivity contribution in [3.05, 3.63) is 35.9 Å². The third-order valence-electron chi connectivity index (χ3n) is 5.56. The van der Waals surface area contributed by atoms with Crippen LogP contribution in [0, 0.1) is 16.2 Å². The maximum absolute atomic E-state index is 2.49. The molecule has 3 aliphatic rings. The average molecular weight is 404 g/mol. The first kappa shape index (κ1) is 20.7. The van der Waals surface area contributed by atoms with Crippen molar-refractivity contribution >= 4 is 34.4 Å². The Morgan fingerprint density at radius 1 is 0.808 bits per heavy atom. The zero-order chi connectivity index (χ0) is 19.5. The van der Waals surface area contributed by atoms with Gasteiger partial charge in [-0.1, -0.05) is 109 Å². The zero-order valence-corrected chi connectivity index (χ0v) is 20.7. The van der Waals surface area contributed by atoms with Gasteiger partial charge in [0.05, 0.1) is 4.90 Å². The van der Waals surface area contributed by atoms with Gasteiger partial charge in [-0.25, -0.2) is 0 Å². The molecule has 0 spiro atoms. The molecule has 4 rings (SSSR count).